The Labute approximate surface area is 271 Å². The van der Waals surface area contributed by atoms with E-state index < -0.39 is 6.10 Å². The molecule has 0 spiro atoms. The van der Waals surface area contributed by atoms with Crippen LogP contribution in [-0.2, 0) is 28.6 Å². The second-order valence-electron chi connectivity index (χ2n) is 12.5. The zero-order valence-electron chi connectivity index (χ0n) is 29.2. The van der Waals surface area contributed by atoms with E-state index >= 15 is 0 Å². The first kappa shape index (κ1) is 42.1. The first-order valence-electron chi connectivity index (χ1n) is 18.7. The lowest BCUT2D eigenvalue weighted by Crippen LogP contribution is -2.30. The van der Waals surface area contributed by atoms with E-state index in [0.717, 1.165) is 70.6 Å². The summed E-state index contributed by atoms with van der Waals surface area (Å²) in [5, 5.41) is 0. The normalized spacial score (nSPS) is 12.0. The Hall–Kier alpha value is -1.85. The summed E-state index contributed by atoms with van der Waals surface area (Å²) in [6.07, 6.45) is 32.4. The van der Waals surface area contributed by atoms with E-state index in [0.29, 0.717) is 19.3 Å². The van der Waals surface area contributed by atoms with E-state index in [-0.39, 0.29) is 31.1 Å². The molecule has 0 heterocycles. The molecular weight excluding hydrogens is 552 g/mol. The molecule has 0 bridgehead atoms. The molecule has 0 saturated carbocycles. The van der Waals surface area contributed by atoms with Crippen LogP contribution in [0.5, 0.6) is 0 Å². The molecule has 0 aromatic heterocycles. The summed E-state index contributed by atoms with van der Waals surface area (Å²) >= 11 is 0. The van der Waals surface area contributed by atoms with Gasteiger partial charge in [0, 0.05) is 19.3 Å². The fourth-order valence-electron chi connectivity index (χ4n) is 5.14. The van der Waals surface area contributed by atoms with Crippen molar-refractivity contribution >= 4 is 17.9 Å². The summed E-state index contributed by atoms with van der Waals surface area (Å²) in [7, 11) is 0. The maximum Gasteiger partial charge on any atom is 0.306 e. The molecule has 0 fully saturated rings. The van der Waals surface area contributed by atoms with Crippen LogP contribution in [0.2, 0.25) is 0 Å². The number of allylic oxidation sites excluding steroid dienone is 2. The highest BCUT2D eigenvalue weighted by Gasteiger charge is 2.19. The van der Waals surface area contributed by atoms with Crippen LogP contribution in [0.25, 0.3) is 0 Å². The van der Waals surface area contributed by atoms with Crippen LogP contribution in [0, 0.1) is 0 Å². The van der Waals surface area contributed by atoms with Crippen molar-refractivity contribution in [3.05, 3.63) is 12.2 Å². The van der Waals surface area contributed by atoms with Gasteiger partial charge < -0.3 is 14.2 Å². The summed E-state index contributed by atoms with van der Waals surface area (Å²) < 4.78 is 16.4. The fourth-order valence-corrected chi connectivity index (χ4v) is 5.14. The monoisotopic (exact) mass is 623 g/mol. The maximum atomic E-state index is 12.4. The summed E-state index contributed by atoms with van der Waals surface area (Å²) in [6.45, 7) is 6.45. The summed E-state index contributed by atoms with van der Waals surface area (Å²) in [4.78, 5) is 37.0. The van der Waals surface area contributed by atoms with E-state index in [4.69, 9.17) is 14.2 Å². The standard InChI is InChI=1S/C38H70O6/c1-4-7-10-13-15-16-17-18-19-20-21-22-23-26-28-31-37(40)43-34-35(33-42-36(39)30-27-24-12-9-6-3)44-38(41)32-29-25-14-11-8-5-2/h18-19,35H,4-17,20-34H2,1-3H3/b19-18-. The molecule has 0 aromatic rings. The minimum atomic E-state index is -0.760. The van der Waals surface area contributed by atoms with Crippen molar-refractivity contribution in [3.63, 3.8) is 0 Å². The molecule has 0 aliphatic carbocycles. The molecule has 1 atom stereocenters. The largest absolute Gasteiger partial charge is 0.462 e. The Balaban J connectivity index is 4.18. The SMILES string of the molecule is CCCCCCCC/C=C\CCCCCCCC(=O)OCC(COC(=O)CCCCCCC)OC(=O)CCCCCCCC. The molecule has 6 nitrogen and oxygen atoms in total. The molecule has 44 heavy (non-hydrogen) atoms. The van der Waals surface area contributed by atoms with Gasteiger partial charge in [-0.05, 0) is 44.9 Å². The summed E-state index contributed by atoms with van der Waals surface area (Å²) in [6, 6.07) is 0. The van der Waals surface area contributed by atoms with Gasteiger partial charge in [-0.25, -0.2) is 0 Å². The van der Waals surface area contributed by atoms with Crippen molar-refractivity contribution in [1.82, 2.24) is 0 Å². The van der Waals surface area contributed by atoms with Crippen LogP contribution in [0.4, 0.5) is 0 Å². The van der Waals surface area contributed by atoms with E-state index in [1.54, 1.807) is 0 Å². The van der Waals surface area contributed by atoms with Gasteiger partial charge in [0.05, 0.1) is 0 Å². The molecule has 0 amide bonds. The second-order valence-corrected chi connectivity index (χ2v) is 12.5. The van der Waals surface area contributed by atoms with Gasteiger partial charge in [-0.2, -0.15) is 0 Å². The van der Waals surface area contributed by atoms with Gasteiger partial charge in [-0.3, -0.25) is 14.4 Å². The third-order valence-corrected chi connectivity index (χ3v) is 8.02. The number of rotatable bonds is 33. The lowest BCUT2D eigenvalue weighted by atomic mass is 10.1. The molecule has 0 N–H and O–H groups in total. The van der Waals surface area contributed by atoms with Crippen molar-refractivity contribution < 1.29 is 28.6 Å². The van der Waals surface area contributed by atoms with Gasteiger partial charge >= 0.3 is 17.9 Å². The molecule has 0 aliphatic heterocycles. The van der Waals surface area contributed by atoms with Crippen molar-refractivity contribution in [1.29, 1.82) is 0 Å². The zero-order chi connectivity index (χ0) is 32.4. The van der Waals surface area contributed by atoms with Gasteiger partial charge in [-0.1, -0.05) is 142 Å². The Morgan fingerprint density at radius 3 is 1.14 bits per heavy atom. The Kier molecular flexibility index (Phi) is 32.6. The fraction of sp³-hybridized carbons (Fsp3) is 0.868. The lowest BCUT2D eigenvalue weighted by molar-refractivity contribution is -0.167. The predicted octanol–water partition coefficient (Wildman–Crippen LogP) is 11.1. The molecule has 0 saturated heterocycles. The molecule has 0 aliphatic rings. The number of unbranched alkanes of at least 4 members (excludes halogenated alkanes) is 20. The number of hydrogen-bond donors (Lipinski definition) is 0. The summed E-state index contributed by atoms with van der Waals surface area (Å²) in [5.74, 6) is -0.908. The van der Waals surface area contributed by atoms with Crippen LogP contribution in [0.3, 0.4) is 0 Å². The predicted molar refractivity (Wildman–Crippen MR) is 183 cm³/mol. The first-order chi connectivity index (χ1) is 21.5. The van der Waals surface area contributed by atoms with E-state index in [9.17, 15) is 14.4 Å². The molecular formula is C38H70O6. The number of ether oxygens (including phenoxy) is 3. The van der Waals surface area contributed by atoms with Crippen molar-refractivity contribution in [2.75, 3.05) is 13.2 Å². The Morgan fingerprint density at radius 2 is 0.750 bits per heavy atom. The molecule has 6 heteroatoms. The summed E-state index contributed by atoms with van der Waals surface area (Å²) in [5.41, 5.74) is 0. The number of carbonyl (C=O) groups excluding carboxylic acids is 3. The topological polar surface area (TPSA) is 78.9 Å². The number of hydrogen-bond acceptors (Lipinski definition) is 6. The Morgan fingerprint density at radius 1 is 0.432 bits per heavy atom. The van der Waals surface area contributed by atoms with Gasteiger partial charge in [0.2, 0.25) is 0 Å². The first-order valence-corrected chi connectivity index (χ1v) is 18.7. The number of carbonyl (C=O) groups is 3. The van der Waals surface area contributed by atoms with Crippen LogP contribution in [0.15, 0.2) is 12.2 Å². The smallest absolute Gasteiger partial charge is 0.306 e. The lowest BCUT2D eigenvalue weighted by Gasteiger charge is -2.18. The average molecular weight is 623 g/mol. The minimum Gasteiger partial charge on any atom is -0.462 e. The molecule has 0 radical (unpaired) electrons. The zero-order valence-corrected chi connectivity index (χ0v) is 29.2. The van der Waals surface area contributed by atoms with Crippen LogP contribution < -0.4 is 0 Å². The Bertz CT molecular complexity index is 689. The van der Waals surface area contributed by atoms with Crippen molar-refractivity contribution in [2.24, 2.45) is 0 Å². The highest BCUT2D eigenvalue weighted by Crippen LogP contribution is 2.12. The van der Waals surface area contributed by atoms with Crippen molar-refractivity contribution in [2.45, 2.75) is 200 Å². The quantitative estimate of drug-likeness (QED) is 0.0313. The van der Waals surface area contributed by atoms with E-state index in [1.807, 2.05) is 0 Å². The van der Waals surface area contributed by atoms with E-state index in [2.05, 4.69) is 32.9 Å². The molecule has 258 valence electrons. The van der Waals surface area contributed by atoms with Crippen LogP contribution >= 0.6 is 0 Å². The van der Waals surface area contributed by atoms with Gasteiger partial charge in [0.25, 0.3) is 0 Å². The third kappa shape index (κ3) is 31.6. The third-order valence-electron chi connectivity index (χ3n) is 8.02. The molecule has 0 rings (SSSR count). The van der Waals surface area contributed by atoms with Gasteiger partial charge in [-0.15, -0.1) is 0 Å². The molecule has 0 aromatic carbocycles. The van der Waals surface area contributed by atoms with Gasteiger partial charge in [0.15, 0.2) is 6.10 Å². The van der Waals surface area contributed by atoms with Crippen LogP contribution in [-0.4, -0.2) is 37.2 Å². The highest BCUT2D eigenvalue weighted by molar-refractivity contribution is 5.71. The van der Waals surface area contributed by atoms with Gasteiger partial charge in [0.1, 0.15) is 13.2 Å². The number of esters is 3. The maximum absolute atomic E-state index is 12.4. The van der Waals surface area contributed by atoms with E-state index in [1.165, 1.54) is 83.5 Å². The van der Waals surface area contributed by atoms with Crippen molar-refractivity contribution in [3.8, 4) is 0 Å². The highest BCUT2D eigenvalue weighted by atomic mass is 16.6. The second kappa shape index (κ2) is 34.0. The average Bonchev–Trinajstić information content (AvgIpc) is 3.02. The van der Waals surface area contributed by atoms with Crippen LogP contribution in [0.1, 0.15) is 194 Å². The molecule has 1 unspecified atom stereocenters. The minimum absolute atomic E-state index is 0.0727.